The molecule has 0 unspecified atom stereocenters. The molecule has 4 nitrogen and oxygen atoms in total. The fourth-order valence-electron chi connectivity index (χ4n) is 2.69. The highest BCUT2D eigenvalue weighted by atomic mass is 35.5. The summed E-state index contributed by atoms with van der Waals surface area (Å²) in [5, 5.41) is 3.37. The molecular formula is C21H29ClN2O2. The van der Waals surface area contributed by atoms with Gasteiger partial charge in [-0.3, -0.25) is 0 Å². The van der Waals surface area contributed by atoms with Gasteiger partial charge in [0, 0.05) is 12.2 Å². The molecule has 0 aromatic heterocycles. The highest BCUT2D eigenvalue weighted by molar-refractivity contribution is 5.96. The fourth-order valence-corrected chi connectivity index (χ4v) is 2.69. The van der Waals surface area contributed by atoms with Gasteiger partial charge < -0.3 is 15.0 Å². The molecule has 2 aromatic carbocycles. The second-order valence-corrected chi connectivity index (χ2v) is 6.08. The molecule has 5 heteroatoms. The number of rotatable bonds is 8. The van der Waals surface area contributed by atoms with Gasteiger partial charge in [-0.15, -0.1) is 12.4 Å². The number of anilines is 2. The van der Waals surface area contributed by atoms with Crippen molar-refractivity contribution in [2.45, 2.75) is 27.7 Å². The molecule has 0 amide bonds. The van der Waals surface area contributed by atoms with Crippen LogP contribution in [0.25, 0.3) is 0 Å². The van der Waals surface area contributed by atoms with E-state index in [0.29, 0.717) is 12.2 Å². The van der Waals surface area contributed by atoms with E-state index in [1.165, 1.54) is 11.1 Å². The summed E-state index contributed by atoms with van der Waals surface area (Å²) in [6.07, 6.45) is 0. The number of aryl methyl sites for hydroxylation is 1. The van der Waals surface area contributed by atoms with Crippen LogP contribution in [-0.4, -0.2) is 37.1 Å². The second kappa shape index (κ2) is 10.8. The van der Waals surface area contributed by atoms with E-state index < -0.39 is 0 Å². The van der Waals surface area contributed by atoms with Gasteiger partial charge >= 0.3 is 5.97 Å². The van der Waals surface area contributed by atoms with Crippen LogP contribution in [0.4, 0.5) is 11.4 Å². The molecule has 0 aliphatic carbocycles. The minimum absolute atomic E-state index is 0. The van der Waals surface area contributed by atoms with E-state index in [-0.39, 0.29) is 18.4 Å². The zero-order valence-electron chi connectivity index (χ0n) is 16.0. The van der Waals surface area contributed by atoms with Gasteiger partial charge in [0.15, 0.2) is 0 Å². The van der Waals surface area contributed by atoms with Crippen LogP contribution in [0, 0.1) is 13.8 Å². The molecule has 0 aliphatic rings. The number of ether oxygens (including phenoxy) is 1. The maximum atomic E-state index is 12.5. The number of esters is 1. The van der Waals surface area contributed by atoms with Crippen molar-refractivity contribution in [2.24, 2.45) is 0 Å². The monoisotopic (exact) mass is 376 g/mol. The number of halogens is 1. The molecule has 0 radical (unpaired) electrons. The summed E-state index contributed by atoms with van der Waals surface area (Å²) in [5.74, 6) is -0.291. The zero-order chi connectivity index (χ0) is 18.2. The molecule has 0 heterocycles. The Morgan fingerprint density at radius 3 is 2.35 bits per heavy atom. The van der Waals surface area contributed by atoms with Gasteiger partial charge in [0.05, 0.1) is 11.3 Å². The summed E-state index contributed by atoms with van der Waals surface area (Å²) < 4.78 is 5.47. The maximum Gasteiger partial charge on any atom is 0.340 e. The van der Waals surface area contributed by atoms with E-state index >= 15 is 0 Å². The summed E-state index contributed by atoms with van der Waals surface area (Å²) in [5.41, 5.74) is 4.71. The molecular weight excluding hydrogens is 348 g/mol. The first kappa shape index (κ1) is 22.0. The van der Waals surface area contributed by atoms with E-state index in [0.717, 1.165) is 31.0 Å². The van der Waals surface area contributed by atoms with E-state index in [1.54, 1.807) is 6.07 Å². The number of benzene rings is 2. The van der Waals surface area contributed by atoms with Crippen molar-refractivity contribution in [1.82, 2.24) is 4.90 Å². The van der Waals surface area contributed by atoms with E-state index in [1.807, 2.05) is 30.3 Å². The number of nitrogens with one attached hydrogen (secondary N) is 1. The Bertz CT molecular complexity index is 715. The van der Waals surface area contributed by atoms with Crippen molar-refractivity contribution < 1.29 is 9.53 Å². The Morgan fingerprint density at radius 1 is 1.00 bits per heavy atom. The Balaban J connectivity index is 0.00000338. The van der Waals surface area contributed by atoms with Crippen LogP contribution in [0.5, 0.6) is 0 Å². The Morgan fingerprint density at radius 2 is 1.65 bits per heavy atom. The molecule has 26 heavy (non-hydrogen) atoms. The van der Waals surface area contributed by atoms with Crippen LogP contribution in [0.2, 0.25) is 0 Å². The van der Waals surface area contributed by atoms with E-state index in [4.69, 9.17) is 4.74 Å². The Kier molecular flexibility index (Phi) is 9.17. The second-order valence-electron chi connectivity index (χ2n) is 6.08. The van der Waals surface area contributed by atoms with Gasteiger partial charge in [-0.05, 0) is 56.3 Å². The van der Waals surface area contributed by atoms with Crippen LogP contribution in [0.15, 0.2) is 42.5 Å². The summed E-state index contributed by atoms with van der Waals surface area (Å²) >= 11 is 0. The number of carbonyl (C=O) groups excluding carboxylic acids is 1. The van der Waals surface area contributed by atoms with Crippen LogP contribution < -0.4 is 5.32 Å². The van der Waals surface area contributed by atoms with Gasteiger partial charge in [0.1, 0.15) is 6.61 Å². The minimum Gasteiger partial charge on any atom is -0.461 e. The van der Waals surface area contributed by atoms with Crippen molar-refractivity contribution in [1.29, 1.82) is 0 Å². The molecule has 0 spiro atoms. The van der Waals surface area contributed by atoms with Crippen molar-refractivity contribution in [3.05, 3.63) is 59.2 Å². The normalized spacial score (nSPS) is 10.3. The number of likely N-dealkylation sites (N-methyl/N-ethyl adjacent to an activating group) is 1. The Labute approximate surface area is 163 Å². The zero-order valence-corrected chi connectivity index (χ0v) is 16.9. The number of hydrogen-bond donors (Lipinski definition) is 1. The average molecular weight is 377 g/mol. The Hall–Kier alpha value is -2.04. The molecule has 0 aliphatic heterocycles. The third kappa shape index (κ3) is 5.75. The molecule has 2 aromatic rings. The van der Waals surface area contributed by atoms with Gasteiger partial charge in [-0.25, -0.2) is 4.79 Å². The smallest absolute Gasteiger partial charge is 0.340 e. The van der Waals surface area contributed by atoms with Gasteiger partial charge in [-0.2, -0.15) is 0 Å². The third-order valence-corrected chi connectivity index (χ3v) is 4.56. The molecule has 0 atom stereocenters. The van der Waals surface area contributed by atoms with Crippen molar-refractivity contribution in [2.75, 3.05) is 31.6 Å². The predicted octanol–water partition coefficient (Wildman–Crippen LogP) is 4.97. The summed E-state index contributed by atoms with van der Waals surface area (Å²) in [6.45, 7) is 11.4. The topological polar surface area (TPSA) is 41.6 Å². The standard InChI is InChI=1S/C21H28N2O2.ClH/c1-5-23(6-2)14-15-25-21(24)18-11-7-8-12-20(18)22-19-13-9-10-16(3)17(19)4;/h7-13,22H,5-6,14-15H2,1-4H3;1H. The lowest BCUT2D eigenvalue weighted by Crippen LogP contribution is -2.28. The predicted molar refractivity (Wildman–Crippen MR) is 111 cm³/mol. The third-order valence-electron chi connectivity index (χ3n) is 4.56. The molecule has 0 saturated carbocycles. The van der Waals surface area contributed by atoms with Crippen LogP contribution >= 0.6 is 12.4 Å². The van der Waals surface area contributed by atoms with Gasteiger partial charge in [0.25, 0.3) is 0 Å². The van der Waals surface area contributed by atoms with Crippen molar-refractivity contribution >= 4 is 29.8 Å². The lowest BCUT2D eigenvalue weighted by atomic mass is 10.1. The lowest BCUT2D eigenvalue weighted by molar-refractivity contribution is 0.0467. The van der Waals surface area contributed by atoms with Crippen LogP contribution in [0.1, 0.15) is 35.3 Å². The molecule has 0 fully saturated rings. The minimum atomic E-state index is -0.291. The first-order chi connectivity index (χ1) is 12.1. The molecule has 0 saturated heterocycles. The lowest BCUT2D eigenvalue weighted by Gasteiger charge is -2.18. The van der Waals surface area contributed by atoms with E-state index in [9.17, 15) is 4.79 Å². The molecule has 142 valence electrons. The van der Waals surface area contributed by atoms with Gasteiger partial charge in [-0.1, -0.05) is 38.1 Å². The number of carbonyl (C=O) groups is 1. The van der Waals surface area contributed by atoms with E-state index in [2.05, 4.69) is 44.0 Å². The molecule has 2 rings (SSSR count). The first-order valence-corrected chi connectivity index (χ1v) is 8.88. The molecule has 1 N–H and O–H groups in total. The largest absolute Gasteiger partial charge is 0.461 e. The van der Waals surface area contributed by atoms with Gasteiger partial charge in [0.2, 0.25) is 0 Å². The summed E-state index contributed by atoms with van der Waals surface area (Å²) in [6, 6.07) is 13.6. The maximum absolute atomic E-state index is 12.5. The average Bonchev–Trinajstić information content (AvgIpc) is 2.63. The number of nitrogens with zero attached hydrogens (tertiary/aromatic N) is 1. The van der Waals surface area contributed by atoms with Crippen molar-refractivity contribution in [3.63, 3.8) is 0 Å². The highest BCUT2D eigenvalue weighted by Gasteiger charge is 2.14. The summed E-state index contributed by atoms with van der Waals surface area (Å²) in [4.78, 5) is 14.7. The molecule has 0 bridgehead atoms. The first-order valence-electron chi connectivity index (χ1n) is 8.88. The summed E-state index contributed by atoms with van der Waals surface area (Å²) in [7, 11) is 0. The van der Waals surface area contributed by atoms with Crippen LogP contribution in [-0.2, 0) is 4.74 Å². The van der Waals surface area contributed by atoms with Crippen molar-refractivity contribution in [3.8, 4) is 0 Å². The number of para-hydroxylation sites is 1. The SMILES string of the molecule is CCN(CC)CCOC(=O)c1ccccc1Nc1cccc(C)c1C.Cl. The quantitative estimate of drug-likeness (QED) is 0.660. The number of hydrogen-bond acceptors (Lipinski definition) is 4. The fraction of sp³-hybridized carbons (Fsp3) is 0.381. The highest BCUT2D eigenvalue weighted by Crippen LogP contribution is 2.25. The van der Waals surface area contributed by atoms with Crippen LogP contribution in [0.3, 0.4) is 0 Å².